The number of nitrogens with zero attached hydrogens (tertiary/aromatic N) is 1. The topological polar surface area (TPSA) is 62.7 Å². The van der Waals surface area contributed by atoms with E-state index in [-0.39, 0.29) is 24.0 Å². The van der Waals surface area contributed by atoms with Crippen LogP contribution in [0.4, 0.5) is 0 Å². The van der Waals surface area contributed by atoms with Crippen LogP contribution < -0.4 is 10.6 Å². The van der Waals surface area contributed by atoms with Crippen LogP contribution in [0.15, 0.2) is 50.6 Å². The van der Waals surface area contributed by atoms with Gasteiger partial charge in [-0.3, -0.25) is 0 Å². The van der Waals surface area contributed by atoms with Gasteiger partial charge in [-0.2, -0.15) is 11.8 Å². The summed E-state index contributed by atoms with van der Waals surface area (Å²) >= 11 is 1.80. The molecule has 0 aliphatic heterocycles. The minimum absolute atomic E-state index is 0. The van der Waals surface area contributed by atoms with Crippen LogP contribution in [-0.4, -0.2) is 31.1 Å². The molecule has 22 heavy (non-hydrogen) atoms. The third-order valence-corrected chi connectivity index (χ3v) is 3.43. The summed E-state index contributed by atoms with van der Waals surface area (Å²) in [6.45, 7) is 2.19. The molecule has 122 valence electrons. The molecule has 0 bridgehead atoms. The smallest absolute Gasteiger partial charge is 0.191 e. The van der Waals surface area contributed by atoms with E-state index in [4.69, 9.17) is 8.83 Å². The van der Waals surface area contributed by atoms with E-state index in [0.29, 0.717) is 6.54 Å². The summed E-state index contributed by atoms with van der Waals surface area (Å²) in [6, 6.07) is 7.67. The number of nitrogens with one attached hydrogen (secondary N) is 2. The second-order valence-electron chi connectivity index (χ2n) is 4.42. The fraction of sp³-hybridized carbons (Fsp3) is 0.400. The Morgan fingerprint density at radius 3 is 2.41 bits per heavy atom. The van der Waals surface area contributed by atoms with Gasteiger partial charge in [0.15, 0.2) is 5.96 Å². The maximum atomic E-state index is 5.31. The van der Waals surface area contributed by atoms with Crippen LogP contribution in [-0.2, 0) is 13.0 Å². The minimum atomic E-state index is 0. The summed E-state index contributed by atoms with van der Waals surface area (Å²) in [6.07, 6.45) is 6.27. The lowest BCUT2D eigenvalue weighted by molar-refractivity contribution is 0.505. The standard InChI is InChI=1S/C15H21N3O2S.HI/c1-21-11-8-17-15(18-12-14-5-3-10-20-14)16-7-6-13-4-2-9-19-13;/h2-5,9-10H,6-8,11-12H2,1H3,(H2,16,17,18);1H. The molecule has 0 unspecified atom stereocenters. The number of thioether (sulfide) groups is 1. The van der Waals surface area contributed by atoms with Gasteiger partial charge in [-0.05, 0) is 30.5 Å². The molecule has 5 nitrogen and oxygen atoms in total. The van der Waals surface area contributed by atoms with Crippen molar-refractivity contribution < 1.29 is 8.83 Å². The van der Waals surface area contributed by atoms with Gasteiger partial charge in [0, 0.05) is 25.3 Å². The Bertz CT molecular complexity index is 515. The predicted octanol–water partition coefficient (Wildman–Crippen LogP) is 3.13. The normalized spacial score (nSPS) is 11.0. The molecule has 0 atom stereocenters. The molecule has 0 saturated carbocycles. The van der Waals surface area contributed by atoms with Crippen molar-refractivity contribution in [1.29, 1.82) is 0 Å². The van der Waals surface area contributed by atoms with E-state index in [1.807, 2.05) is 24.3 Å². The molecule has 0 aromatic carbocycles. The van der Waals surface area contributed by atoms with Gasteiger partial charge in [0.25, 0.3) is 0 Å². The maximum absolute atomic E-state index is 5.31. The van der Waals surface area contributed by atoms with E-state index in [1.165, 1.54) is 0 Å². The van der Waals surface area contributed by atoms with Crippen LogP contribution in [0.1, 0.15) is 11.5 Å². The quantitative estimate of drug-likeness (QED) is 0.289. The Kier molecular flexibility index (Phi) is 9.89. The van der Waals surface area contributed by atoms with Crippen LogP contribution in [0.5, 0.6) is 0 Å². The third kappa shape index (κ3) is 7.26. The summed E-state index contributed by atoms with van der Waals surface area (Å²) in [5, 5.41) is 6.62. The fourth-order valence-corrected chi connectivity index (χ4v) is 2.07. The first-order valence-corrected chi connectivity index (χ1v) is 8.34. The Balaban J connectivity index is 0.00000242. The van der Waals surface area contributed by atoms with E-state index in [2.05, 4.69) is 21.9 Å². The van der Waals surface area contributed by atoms with Gasteiger partial charge in [-0.15, -0.1) is 24.0 Å². The lowest BCUT2D eigenvalue weighted by atomic mass is 10.3. The molecule has 0 spiro atoms. The molecule has 0 radical (unpaired) electrons. The molecule has 2 N–H and O–H groups in total. The van der Waals surface area contributed by atoms with E-state index in [1.54, 1.807) is 24.3 Å². The SMILES string of the molecule is CSCCNC(=NCc1ccco1)NCCc1ccco1.I. The molecule has 2 aromatic rings. The Labute approximate surface area is 152 Å². The average molecular weight is 435 g/mol. The van der Waals surface area contributed by atoms with Crippen molar-refractivity contribution in [2.75, 3.05) is 25.1 Å². The summed E-state index contributed by atoms with van der Waals surface area (Å²) in [5.74, 6) is 3.66. The number of hydrogen-bond acceptors (Lipinski definition) is 4. The van der Waals surface area contributed by atoms with Gasteiger partial charge in [0.1, 0.15) is 18.1 Å². The van der Waals surface area contributed by atoms with Crippen molar-refractivity contribution in [3.8, 4) is 0 Å². The van der Waals surface area contributed by atoms with Gasteiger partial charge in [0.2, 0.25) is 0 Å². The summed E-state index contributed by atoms with van der Waals surface area (Å²) in [5.41, 5.74) is 0. The lowest BCUT2D eigenvalue weighted by Crippen LogP contribution is -2.39. The molecule has 2 aromatic heterocycles. The summed E-state index contributed by atoms with van der Waals surface area (Å²) < 4.78 is 10.6. The zero-order valence-electron chi connectivity index (χ0n) is 12.6. The van der Waals surface area contributed by atoms with Gasteiger partial charge >= 0.3 is 0 Å². The number of rotatable bonds is 8. The van der Waals surface area contributed by atoms with E-state index < -0.39 is 0 Å². The summed E-state index contributed by atoms with van der Waals surface area (Å²) in [7, 11) is 0. The van der Waals surface area contributed by atoms with Crippen molar-refractivity contribution >= 4 is 41.7 Å². The molecule has 0 aliphatic carbocycles. The van der Waals surface area contributed by atoms with Gasteiger partial charge in [-0.1, -0.05) is 0 Å². The maximum Gasteiger partial charge on any atom is 0.191 e. The van der Waals surface area contributed by atoms with Crippen molar-refractivity contribution in [3.63, 3.8) is 0 Å². The monoisotopic (exact) mass is 435 g/mol. The van der Waals surface area contributed by atoms with Gasteiger partial charge in [-0.25, -0.2) is 4.99 Å². The zero-order valence-corrected chi connectivity index (χ0v) is 15.7. The van der Waals surface area contributed by atoms with Crippen LogP contribution in [0, 0.1) is 0 Å². The van der Waals surface area contributed by atoms with Crippen molar-refractivity contribution in [3.05, 3.63) is 48.3 Å². The average Bonchev–Trinajstić information content (AvgIpc) is 3.18. The van der Waals surface area contributed by atoms with Crippen LogP contribution >= 0.6 is 35.7 Å². The first-order valence-electron chi connectivity index (χ1n) is 6.94. The van der Waals surface area contributed by atoms with Crippen molar-refractivity contribution in [1.82, 2.24) is 10.6 Å². The van der Waals surface area contributed by atoms with Crippen molar-refractivity contribution in [2.24, 2.45) is 4.99 Å². The van der Waals surface area contributed by atoms with Crippen LogP contribution in [0.25, 0.3) is 0 Å². The highest BCUT2D eigenvalue weighted by Gasteiger charge is 2.01. The highest BCUT2D eigenvalue weighted by Crippen LogP contribution is 2.02. The molecular weight excluding hydrogens is 413 g/mol. The van der Waals surface area contributed by atoms with E-state index in [0.717, 1.165) is 42.7 Å². The minimum Gasteiger partial charge on any atom is -0.469 e. The second-order valence-corrected chi connectivity index (χ2v) is 5.41. The zero-order chi connectivity index (χ0) is 14.8. The number of guanidine groups is 1. The Hall–Kier alpha value is -1.09. The first-order chi connectivity index (χ1) is 10.4. The highest BCUT2D eigenvalue weighted by molar-refractivity contribution is 14.0. The number of halogens is 1. The van der Waals surface area contributed by atoms with Gasteiger partial charge in [0.05, 0.1) is 12.5 Å². The fourth-order valence-electron chi connectivity index (χ4n) is 1.76. The Morgan fingerprint density at radius 2 is 1.77 bits per heavy atom. The molecule has 2 heterocycles. The molecule has 0 aliphatic rings. The predicted molar refractivity (Wildman–Crippen MR) is 102 cm³/mol. The molecule has 0 amide bonds. The highest BCUT2D eigenvalue weighted by atomic mass is 127. The largest absolute Gasteiger partial charge is 0.469 e. The molecule has 7 heteroatoms. The molecule has 2 rings (SSSR count). The molecule has 0 fully saturated rings. The summed E-state index contributed by atoms with van der Waals surface area (Å²) in [4.78, 5) is 4.52. The lowest BCUT2D eigenvalue weighted by Gasteiger charge is -2.11. The third-order valence-electron chi connectivity index (χ3n) is 2.82. The first kappa shape index (κ1) is 19.0. The van der Waals surface area contributed by atoms with Crippen LogP contribution in [0.3, 0.4) is 0 Å². The number of aliphatic imine (C=N–C) groups is 1. The second kappa shape index (κ2) is 11.5. The van der Waals surface area contributed by atoms with E-state index >= 15 is 0 Å². The molecule has 0 saturated heterocycles. The number of hydrogen-bond donors (Lipinski definition) is 2. The molecular formula is C15H22IN3O2S. The number of furan rings is 2. The van der Waals surface area contributed by atoms with E-state index in [9.17, 15) is 0 Å². The van der Waals surface area contributed by atoms with Crippen molar-refractivity contribution in [2.45, 2.75) is 13.0 Å². The van der Waals surface area contributed by atoms with Crippen LogP contribution in [0.2, 0.25) is 0 Å². The Morgan fingerprint density at radius 1 is 1.09 bits per heavy atom. The van der Waals surface area contributed by atoms with Gasteiger partial charge < -0.3 is 19.5 Å².